The van der Waals surface area contributed by atoms with Gasteiger partial charge < -0.3 is 15.4 Å². The minimum Gasteiger partial charge on any atom is -0.385 e. The molecule has 0 aliphatic heterocycles. The maximum atomic E-state index is 11.6. The molecule has 0 heterocycles. The number of urea groups is 1. The number of amides is 2. The molecule has 0 spiro atoms. The highest BCUT2D eigenvalue weighted by atomic mass is 32.2. The van der Waals surface area contributed by atoms with Gasteiger partial charge in [-0.15, -0.1) is 0 Å². The van der Waals surface area contributed by atoms with Crippen molar-refractivity contribution in [1.82, 2.24) is 10.6 Å². The van der Waals surface area contributed by atoms with Crippen LogP contribution in [0.1, 0.15) is 24.8 Å². The van der Waals surface area contributed by atoms with Crippen LogP contribution in [0.3, 0.4) is 0 Å². The molecule has 0 unspecified atom stereocenters. The molecule has 130 valence electrons. The molecule has 4 N–H and O–H groups in total. The summed E-state index contributed by atoms with van der Waals surface area (Å²) in [6.45, 7) is 1.86. The zero-order valence-corrected chi connectivity index (χ0v) is 14.2. The number of methoxy groups -OCH3 is 1. The average Bonchev–Trinajstić information content (AvgIpc) is 2.50. The van der Waals surface area contributed by atoms with Gasteiger partial charge in [0.15, 0.2) is 0 Å². The first-order valence-electron chi connectivity index (χ1n) is 7.56. The van der Waals surface area contributed by atoms with Gasteiger partial charge in [0.25, 0.3) is 0 Å². The average molecular weight is 343 g/mol. The van der Waals surface area contributed by atoms with Crippen LogP contribution in [-0.4, -0.2) is 41.3 Å². The van der Waals surface area contributed by atoms with Crippen molar-refractivity contribution < 1.29 is 17.9 Å². The summed E-state index contributed by atoms with van der Waals surface area (Å²) in [4.78, 5) is 11.6. The number of carbonyl (C=O) groups excluding carboxylic acids is 1. The zero-order valence-electron chi connectivity index (χ0n) is 13.4. The van der Waals surface area contributed by atoms with Gasteiger partial charge in [0, 0.05) is 26.8 Å². The number of hydrogen-bond acceptors (Lipinski definition) is 4. The molecule has 8 heteroatoms. The van der Waals surface area contributed by atoms with E-state index in [0.717, 1.165) is 31.4 Å². The normalized spacial score (nSPS) is 11.2. The second-order valence-corrected chi connectivity index (χ2v) is 6.74. The molecule has 1 aromatic carbocycles. The number of unbranched alkanes of at least 4 members (excludes halogenated alkanes) is 2. The number of carbonyl (C=O) groups is 1. The number of rotatable bonds is 10. The van der Waals surface area contributed by atoms with Gasteiger partial charge in [-0.2, -0.15) is 0 Å². The summed E-state index contributed by atoms with van der Waals surface area (Å²) in [5.41, 5.74) is 0.928. The van der Waals surface area contributed by atoms with Crippen molar-refractivity contribution in [3.63, 3.8) is 0 Å². The Morgan fingerprint density at radius 3 is 2.35 bits per heavy atom. The first-order chi connectivity index (χ1) is 10.9. The van der Waals surface area contributed by atoms with Crippen LogP contribution >= 0.6 is 0 Å². The van der Waals surface area contributed by atoms with Crippen LogP contribution in [0.5, 0.6) is 0 Å². The van der Waals surface area contributed by atoms with Crippen LogP contribution in [0.2, 0.25) is 0 Å². The third kappa shape index (κ3) is 8.53. The van der Waals surface area contributed by atoms with E-state index in [4.69, 9.17) is 9.88 Å². The number of sulfonamides is 1. The van der Waals surface area contributed by atoms with E-state index in [1.807, 2.05) is 0 Å². The maximum Gasteiger partial charge on any atom is 0.314 e. The van der Waals surface area contributed by atoms with Crippen LogP contribution < -0.4 is 15.8 Å². The number of nitrogens with one attached hydrogen (secondary N) is 2. The fourth-order valence-corrected chi connectivity index (χ4v) is 2.49. The van der Waals surface area contributed by atoms with Gasteiger partial charge >= 0.3 is 6.03 Å². The molecule has 0 radical (unpaired) electrons. The topological polar surface area (TPSA) is 111 Å². The van der Waals surface area contributed by atoms with E-state index >= 15 is 0 Å². The summed E-state index contributed by atoms with van der Waals surface area (Å²) >= 11 is 0. The lowest BCUT2D eigenvalue weighted by atomic mass is 10.1. The molecular formula is C15H25N3O4S. The fraction of sp³-hybridized carbons (Fsp3) is 0.533. The third-order valence-corrected chi connectivity index (χ3v) is 4.19. The second-order valence-electron chi connectivity index (χ2n) is 5.18. The Morgan fingerprint density at radius 2 is 1.74 bits per heavy atom. The maximum absolute atomic E-state index is 11.6. The van der Waals surface area contributed by atoms with Gasteiger partial charge in [-0.05, 0) is 43.4 Å². The number of hydrogen-bond donors (Lipinski definition) is 3. The zero-order chi connectivity index (χ0) is 17.1. The largest absolute Gasteiger partial charge is 0.385 e. The lowest BCUT2D eigenvalue weighted by Gasteiger charge is -2.08. The summed E-state index contributed by atoms with van der Waals surface area (Å²) < 4.78 is 27.2. The van der Waals surface area contributed by atoms with Crippen molar-refractivity contribution in [1.29, 1.82) is 0 Å². The summed E-state index contributed by atoms with van der Waals surface area (Å²) in [7, 11) is -1.99. The predicted molar refractivity (Wildman–Crippen MR) is 88.6 cm³/mol. The molecule has 1 rings (SSSR count). The smallest absolute Gasteiger partial charge is 0.314 e. The molecular weight excluding hydrogens is 318 g/mol. The number of nitrogens with two attached hydrogens (primary N) is 1. The van der Waals surface area contributed by atoms with Crippen molar-refractivity contribution >= 4 is 16.1 Å². The van der Waals surface area contributed by atoms with E-state index in [9.17, 15) is 13.2 Å². The summed E-state index contributed by atoms with van der Waals surface area (Å²) in [5.74, 6) is 0. The lowest BCUT2D eigenvalue weighted by molar-refractivity contribution is 0.192. The van der Waals surface area contributed by atoms with Crippen molar-refractivity contribution in [3.05, 3.63) is 29.8 Å². The molecule has 0 fully saturated rings. The van der Waals surface area contributed by atoms with Gasteiger partial charge in [-0.3, -0.25) is 0 Å². The predicted octanol–water partition coefficient (Wildman–Crippen LogP) is 0.992. The molecule has 0 saturated carbocycles. The van der Waals surface area contributed by atoms with Crippen molar-refractivity contribution in [2.24, 2.45) is 5.14 Å². The highest BCUT2D eigenvalue weighted by Crippen LogP contribution is 2.08. The van der Waals surface area contributed by atoms with E-state index in [-0.39, 0.29) is 10.9 Å². The van der Waals surface area contributed by atoms with E-state index in [1.165, 1.54) is 12.1 Å². The molecule has 0 saturated heterocycles. The van der Waals surface area contributed by atoms with E-state index in [1.54, 1.807) is 19.2 Å². The molecule has 7 nitrogen and oxygen atoms in total. The first kappa shape index (κ1) is 19.4. The van der Waals surface area contributed by atoms with E-state index in [0.29, 0.717) is 19.5 Å². The summed E-state index contributed by atoms with van der Waals surface area (Å²) in [6, 6.07) is 6.11. The molecule has 0 aliphatic rings. The SMILES string of the molecule is COCCCCCNC(=O)NCCc1ccc(S(N)(=O)=O)cc1. The third-order valence-electron chi connectivity index (χ3n) is 3.26. The van der Waals surface area contributed by atoms with Gasteiger partial charge in [0.1, 0.15) is 0 Å². The van der Waals surface area contributed by atoms with Crippen LogP contribution in [0, 0.1) is 0 Å². The van der Waals surface area contributed by atoms with Crippen LogP contribution in [0.4, 0.5) is 4.79 Å². The minimum absolute atomic E-state index is 0.0837. The molecule has 2 amide bonds. The molecule has 1 aromatic rings. The summed E-state index contributed by atoms with van der Waals surface area (Å²) in [6.07, 6.45) is 3.55. The number of ether oxygens (including phenoxy) is 1. The highest BCUT2D eigenvalue weighted by Gasteiger charge is 2.06. The van der Waals surface area contributed by atoms with Gasteiger partial charge in [-0.1, -0.05) is 12.1 Å². The van der Waals surface area contributed by atoms with E-state index in [2.05, 4.69) is 10.6 Å². The Morgan fingerprint density at radius 1 is 1.09 bits per heavy atom. The van der Waals surface area contributed by atoms with Crippen molar-refractivity contribution in [2.75, 3.05) is 26.8 Å². The van der Waals surface area contributed by atoms with Crippen LogP contribution in [0.15, 0.2) is 29.2 Å². The van der Waals surface area contributed by atoms with Crippen LogP contribution in [0.25, 0.3) is 0 Å². The quantitative estimate of drug-likeness (QED) is 0.550. The molecule has 23 heavy (non-hydrogen) atoms. The Bertz CT molecular complexity index is 573. The minimum atomic E-state index is -3.66. The van der Waals surface area contributed by atoms with Gasteiger partial charge in [0.05, 0.1) is 4.90 Å². The fourth-order valence-electron chi connectivity index (χ4n) is 1.98. The molecule has 0 bridgehead atoms. The second kappa shape index (κ2) is 10.2. The molecule has 0 aliphatic carbocycles. The van der Waals surface area contributed by atoms with E-state index < -0.39 is 10.0 Å². The number of benzene rings is 1. The standard InChI is InChI=1S/C15H25N3O4S/c1-22-12-4-2-3-10-17-15(19)18-11-9-13-5-7-14(8-6-13)23(16,20)21/h5-8H,2-4,9-12H2,1H3,(H2,16,20,21)(H2,17,18,19). The van der Waals surface area contributed by atoms with Crippen molar-refractivity contribution in [2.45, 2.75) is 30.6 Å². The van der Waals surface area contributed by atoms with Crippen molar-refractivity contribution in [3.8, 4) is 0 Å². The van der Waals surface area contributed by atoms with Crippen LogP contribution in [-0.2, 0) is 21.2 Å². The molecule has 0 aromatic heterocycles. The Kier molecular flexibility index (Phi) is 8.60. The summed E-state index contributed by atoms with van der Waals surface area (Å²) in [5, 5.41) is 10.6. The Hall–Kier alpha value is -1.64. The lowest BCUT2D eigenvalue weighted by Crippen LogP contribution is -2.37. The Labute approximate surface area is 137 Å². The van der Waals surface area contributed by atoms with Gasteiger partial charge in [-0.25, -0.2) is 18.4 Å². The molecule has 0 atom stereocenters. The number of primary sulfonamides is 1. The first-order valence-corrected chi connectivity index (χ1v) is 9.10. The van der Waals surface area contributed by atoms with Gasteiger partial charge in [0.2, 0.25) is 10.0 Å². The Balaban J connectivity index is 2.17. The monoisotopic (exact) mass is 343 g/mol. The highest BCUT2D eigenvalue weighted by molar-refractivity contribution is 7.89.